The minimum atomic E-state index is 0.913. The molecule has 136 heavy (non-hydrogen) atoms. The maximum Gasteiger partial charge on any atom is 0.143 e. The summed E-state index contributed by atoms with van der Waals surface area (Å²) in [6, 6.07) is 176. The molecule has 0 spiro atoms. The van der Waals surface area contributed by atoms with Crippen LogP contribution in [-0.2, 0) is 6.42 Å². The highest BCUT2D eigenvalue weighted by Crippen LogP contribution is 2.43. The van der Waals surface area contributed by atoms with Gasteiger partial charge in [-0.15, -0.1) is 0 Å². The number of fused-ring (bicyclic) bond motifs is 15. The van der Waals surface area contributed by atoms with Crippen molar-refractivity contribution in [2.24, 2.45) is 0 Å². The lowest BCUT2D eigenvalue weighted by atomic mass is 9.99. The maximum atomic E-state index is 6.18. The van der Waals surface area contributed by atoms with Crippen LogP contribution in [0.4, 0.5) is 45.5 Å². The third-order valence-electron chi connectivity index (χ3n) is 24.7. The molecule has 0 saturated heterocycles. The third kappa shape index (κ3) is 18.4. The summed E-state index contributed by atoms with van der Waals surface area (Å²) in [5.74, 6) is 0. The SMILES string of the molecule is c1ccc(Cc2ccc(-c3ccc4c(c3)oc3ccccc34)cc2)cc1.c1ccc(Nc2ccc(-c3ccc4oc5cc(-c6ccccc6)ccc5c4c3)cc2)cc1.c1ccc(Nc2ccc(-c3cccc4c3oc3ccccc34)cc2)cc1.c1ccc(Nc2ccc(-c3cccc4oc5ccccc5c34)cc2)cc1.c1ccc(Nc2cccc(-c3ccc4c(c3)oc3ccccc34)c2)cc1. The molecule has 0 aliphatic heterocycles. The minimum Gasteiger partial charge on any atom is -0.456 e. The Morgan fingerprint density at radius 2 is 0.419 bits per heavy atom. The number of para-hydroxylation sites is 9. The van der Waals surface area contributed by atoms with E-state index in [0.29, 0.717) is 0 Å². The van der Waals surface area contributed by atoms with Crippen LogP contribution in [0.25, 0.3) is 176 Å². The summed E-state index contributed by atoms with van der Waals surface area (Å²) in [7, 11) is 0. The van der Waals surface area contributed by atoms with E-state index < -0.39 is 0 Å². The zero-order chi connectivity index (χ0) is 90.7. The quantitative estimate of drug-likeness (QED) is 0.0751. The molecule has 5 heterocycles. The Morgan fingerprint density at radius 3 is 0.926 bits per heavy atom. The number of anilines is 8. The normalized spacial score (nSPS) is 11.1. The predicted molar refractivity (Wildman–Crippen MR) is 569 cm³/mol. The second kappa shape index (κ2) is 38.5. The van der Waals surface area contributed by atoms with Crippen LogP contribution in [0, 0.1) is 0 Å². The fourth-order valence-electron chi connectivity index (χ4n) is 18.0. The topological polar surface area (TPSA) is 114 Å². The highest BCUT2D eigenvalue weighted by molar-refractivity contribution is 6.14. The first-order chi connectivity index (χ1) is 67.3. The first-order valence-corrected chi connectivity index (χ1v) is 45.8. The molecule has 0 atom stereocenters. The summed E-state index contributed by atoms with van der Waals surface area (Å²) in [4.78, 5) is 0. The van der Waals surface area contributed by atoms with Gasteiger partial charge in [-0.05, 0) is 255 Å². The average Bonchev–Trinajstić information content (AvgIpc) is 1.62. The zero-order valence-corrected chi connectivity index (χ0v) is 74.2. The molecule has 26 aromatic rings. The van der Waals surface area contributed by atoms with E-state index in [1.807, 2.05) is 146 Å². The van der Waals surface area contributed by atoms with E-state index in [-0.39, 0.29) is 0 Å². The Morgan fingerprint density at radius 1 is 0.140 bits per heavy atom. The lowest BCUT2D eigenvalue weighted by Gasteiger charge is -2.08. The molecule has 9 nitrogen and oxygen atoms in total. The summed E-state index contributed by atoms with van der Waals surface area (Å²) in [6.07, 6.45) is 0.962. The minimum absolute atomic E-state index is 0.913. The lowest BCUT2D eigenvalue weighted by Crippen LogP contribution is -1.90. The van der Waals surface area contributed by atoms with Crippen LogP contribution in [0.1, 0.15) is 11.1 Å². The van der Waals surface area contributed by atoms with Gasteiger partial charge in [0.25, 0.3) is 0 Å². The Labute approximate surface area is 787 Å². The smallest absolute Gasteiger partial charge is 0.143 e. The summed E-state index contributed by atoms with van der Waals surface area (Å²) in [5, 5.41) is 25.3. The van der Waals surface area contributed by atoms with Gasteiger partial charge in [-0.2, -0.15) is 0 Å². The van der Waals surface area contributed by atoms with Gasteiger partial charge in [0.2, 0.25) is 0 Å². The monoisotopic (exact) mass is 1750 g/mol. The van der Waals surface area contributed by atoms with Gasteiger partial charge in [-0.3, -0.25) is 0 Å². The van der Waals surface area contributed by atoms with E-state index in [1.54, 1.807) is 0 Å². The number of furan rings is 5. The van der Waals surface area contributed by atoms with Gasteiger partial charge in [0, 0.05) is 105 Å². The highest BCUT2D eigenvalue weighted by Gasteiger charge is 2.18. The molecule has 0 radical (unpaired) electrons. The van der Waals surface area contributed by atoms with Gasteiger partial charge in [-0.1, -0.05) is 334 Å². The molecule has 26 rings (SSSR count). The van der Waals surface area contributed by atoms with Gasteiger partial charge < -0.3 is 43.4 Å². The van der Waals surface area contributed by atoms with Crippen LogP contribution in [0.3, 0.4) is 0 Å². The molecule has 5 aromatic heterocycles. The van der Waals surface area contributed by atoms with Crippen LogP contribution in [0.15, 0.2) is 532 Å². The van der Waals surface area contributed by atoms with Gasteiger partial charge in [0.1, 0.15) is 55.8 Å². The number of nitrogens with one attached hydrogen (secondary N) is 4. The van der Waals surface area contributed by atoms with E-state index in [4.69, 9.17) is 22.1 Å². The zero-order valence-electron chi connectivity index (χ0n) is 74.2. The second-order valence-electron chi connectivity index (χ2n) is 33.7. The fourth-order valence-corrected chi connectivity index (χ4v) is 18.0. The van der Waals surface area contributed by atoms with E-state index in [0.717, 1.165) is 168 Å². The van der Waals surface area contributed by atoms with Crippen molar-refractivity contribution < 1.29 is 22.1 Å². The molecular weight excluding hydrogens is 1660 g/mol. The fraction of sp³-hybridized carbons (Fsp3) is 0.00787. The first-order valence-electron chi connectivity index (χ1n) is 45.8. The van der Waals surface area contributed by atoms with E-state index in [9.17, 15) is 0 Å². The molecular formula is C127H90N4O5. The second-order valence-corrected chi connectivity index (χ2v) is 33.7. The summed E-state index contributed by atoms with van der Waals surface area (Å²) >= 11 is 0. The molecule has 0 fully saturated rings. The molecule has 9 heteroatoms. The largest absolute Gasteiger partial charge is 0.456 e. The summed E-state index contributed by atoms with van der Waals surface area (Å²) in [5.41, 5.74) is 34.6. The number of benzene rings is 21. The van der Waals surface area contributed by atoms with Crippen molar-refractivity contribution in [1.29, 1.82) is 0 Å². The number of hydrogen-bond donors (Lipinski definition) is 4. The highest BCUT2D eigenvalue weighted by atomic mass is 16.3. The maximum absolute atomic E-state index is 6.18. The standard InChI is InChI=1S/C30H21NO.C25H18O.3C24H17NO/c1-3-7-21(8-4-1)24-13-17-27-28-19-23(14-18-29(28)32-30(27)20-24)22-11-15-26(16-12-22)31-25-9-5-2-6-10-25;1-2-6-18(7-3-1)16-19-10-12-20(13-11-19)21-14-15-23-22-8-4-5-9-24(22)26-25(23)17-21;1-2-8-19(9-3-1)25-20-10-6-7-17(15-20)18-13-14-22-21-11-4-5-12-23(21)26-24(22)16-18;1-2-7-18(8-3-1)25-19-15-13-17(14-16-19)20-10-6-11-22-21-9-4-5-12-23(21)26-24(20)22;1-2-7-18(8-3-1)25-19-15-13-17(14-16-19)20-10-6-12-23-24(20)21-9-4-5-11-22(21)26-23/h1-20,31H;1-15,17H,16H2;3*1-16,25H. The Kier molecular flexibility index (Phi) is 23.6. The van der Waals surface area contributed by atoms with E-state index in [2.05, 4.69) is 385 Å². The van der Waals surface area contributed by atoms with Gasteiger partial charge in [-0.25, -0.2) is 0 Å². The van der Waals surface area contributed by atoms with Crippen LogP contribution in [-0.4, -0.2) is 0 Å². The predicted octanol–water partition coefficient (Wildman–Crippen LogP) is 36.5. The molecule has 0 unspecified atom stereocenters. The van der Waals surface area contributed by atoms with Gasteiger partial charge >= 0.3 is 0 Å². The molecule has 21 aromatic carbocycles. The van der Waals surface area contributed by atoms with Gasteiger partial charge in [0.05, 0.1) is 0 Å². The Hall–Kier alpha value is -18.2. The van der Waals surface area contributed by atoms with Crippen molar-refractivity contribution in [1.82, 2.24) is 0 Å². The Bertz CT molecular complexity index is 8630. The van der Waals surface area contributed by atoms with E-state index >= 15 is 0 Å². The van der Waals surface area contributed by atoms with Crippen molar-refractivity contribution in [3.63, 3.8) is 0 Å². The first kappa shape index (κ1) is 83.4. The summed E-state index contributed by atoms with van der Waals surface area (Å²) in [6.45, 7) is 0. The third-order valence-corrected chi connectivity index (χ3v) is 24.7. The number of rotatable bonds is 16. The molecule has 0 saturated carbocycles. The molecule has 0 bridgehead atoms. The van der Waals surface area contributed by atoms with Crippen molar-refractivity contribution in [3.05, 3.63) is 521 Å². The average molecular weight is 1750 g/mol. The van der Waals surface area contributed by atoms with Crippen molar-refractivity contribution >= 4 is 155 Å². The molecule has 648 valence electrons. The van der Waals surface area contributed by atoms with Crippen LogP contribution in [0.2, 0.25) is 0 Å². The van der Waals surface area contributed by atoms with Crippen LogP contribution >= 0.6 is 0 Å². The van der Waals surface area contributed by atoms with Crippen molar-refractivity contribution in [2.75, 3.05) is 21.3 Å². The van der Waals surface area contributed by atoms with E-state index in [1.165, 1.54) is 71.8 Å². The molecule has 4 N–H and O–H groups in total. The molecule has 0 amide bonds. The number of hydrogen-bond acceptors (Lipinski definition) is 9. The molecule has 0 aliphatic rings. The van der Waals surface area contributed by atoms with Crippen LogP contribution in [0.5, 0.6) is 0 Å². The summed E-state index contributed by atoms with van der Waals surface area (Å²) < 4.78 is 30.4. The molecule has 0 aliphatic carbocycles. The van der Waals surface area contributed by atoms with Crippen molar-refractivity contribution in [3.8, 4) is 66.8 Å². The van der Waals surface area contributed by atoms with Crippen LogP contribution < -0.4 is 21.3 Å². The lowest BCUT2D eigenvalue weighted by molar-refractivity contribution is 0.668. The van der Waals surface area contributed by atoms with Gasteiger partial charge in [0.15, 0.2) is 0 Å². The Balaban J connectivity index is 0.0000000988. The van der Waals surface area contributed by atoms with Crippen molar-refractivity contribution in [2.45, 2.75) is 6.42 Å².